The number of piperidine rings is 1. The molecule has 0 saturated carbocycles. The Morgan fingerprint density at radius 1 is 1.09 bits per heavy atom. The van der Waals surface area contributed by atoms with Crippen LogP contribution in [0.4, 0.5) is 0 Å². The van der Waals surface area contributed by atoms with Crippen molar-refractivity contribution in [2.45, 2.75) is 62.8 Å². The summed E-state index contributed by atoms with van der Waals surface area (Å²) < 4.78 is 32.9. The third-order valence-corrected chi connectivity index (χ3v) is 8.83. The first-order valence-electron chi connectivity index (χ1n) is 12.0. The Morgan fingerprint density at radius 2 is 1.82 bits per heavy atom. The number of rotatable bonds is 7. The highest BCUT2D eigenvalue weighted by atomic mass is 32.2. The van der Waals surface area contributed by atoms with E-state index < -0.39 is 10.0 Å². The zero-order valence-corrected chi connectivity index (χ0v) is 20.4. The number of amides is 1. The molecule has 1 heterocycles. The summed E-state index contributed by atoms with van der Waals surface area (Å²) in [6.45, 7) is 2.71. The van der Waals surface area contributed by atoms with Crippen molar-refractivity contribution in [3.05, 3.63) is 59.2 Å². The topological polar surface area (TPSA) is 75.7 Å². The molecule has 1 aliphatic carbocycles. The maximum Gasteiger partial charge on any atom is 0.243 e. The molecule has 1 saturated heterocycles. The zero-order chi connectivity index (χ0) is 23.4. The molecule has 0 bridgehead atoms. The second kappa shape index (κ2) is 10.3. The van der Waals surface area contributed by atoms with Gasteiger partial charge in [0.05, 0.1) is 24.0 Å². The van der Waals surface area contributed by atoms with E-state index in [2.05, 4.69) is 30.4 Å². The maximum absolute atomic E-state index is 13.2. The highest BCUT2D eigenvalue weighted by Gasteiger charge is 2.34. The molecule has 1 amide bonds. The van der Waals surface area contributed by atoms with Crippen LogP contribution in [0.5, 0.6) is 5.75 Å². The van der Waals surface area contributed by atoms with Gasteiger partial charge in [-0.25, -0.2) is 8.42 Å². The summed E-state index contributed by atoms with van der Waals surface area (Å²) in [5.74, 6) is 0.199. The van der Waals surface area contributed by atoms with E-state index >= 15 is 0 Å². The number of aryl methyl sites for hydroxylation is 2. The number of hydrogen-bond acceptors (Lipinski definition) is 4. The number of hydrogen-bond donors (Lipinski definition) is 1. The van der Waals surface area contributed by atoms with E-state index in [4.69, 9.17) is 4.74 Å². The number of sulfonamides is 1. The van der Waals surface area contributed by atoms with Crippen LogP contribution in [0.3, 0.4) is 0 Å². The highest BCUT2D eigenvalue weighted by Crippen LogP contribution is 2.28. The number of benzene rings is 2. The van der Waals surface area contributed by atoms with Gasteiger partial charge in [0, 0.05) is 13.1 Å². The van der Waals surface area contributed by atoms with Gasteiger partial charge in [-0.1, -0.05) is 25.1 Å². The van der Waals surface area contributed by atoms with Crippen LogP contribution in [-0.2, 0) is 27.7 Å². The van der Waals surface area contributed by atoms with Crippen LogP contribution >= 0.6 is 0 Å². The van der Waals surface area contributed by atoms with Crippen molar-refractivity contribution >= 4 is 15.9 Å². The lowest BCUT2D eigenvalue weighted by atomic mass is 9.88. The van der Waals surface area contributed by atoms with Crippen LogP contribution in [-0.4, -0.2) is 38.8 Å². The second-order valence-corrected chi connectivity index (χ2v) is 11.0. The van der Waals surface area contributed by atoms with E-state index in [-0.39, 0.29) is 29.3 Å². The number of methoxy groups -OCH3 is 1. The van der Waals surface area contributed by atoms with Gasteiger partial charge >= 0.3 is 0 Å². The Kier molecular flexibility index (Phi) is 7.39. The minimum absolute atomic E-state index is 0.0571. The van der Waals surface area contributed by atoms with E-state index in [9.17, 15) is 13.2 Å². The monoisotopic (exact) mass is 470 g/mol. The van der Waals surface area contributed by atoms with Crippen molar-refractivity contribution in [1.82, 2.24) is 9.62 Å². The minimum Gasteiger partial charge on any atom is -0.497 e. The fourth-order valence-corrected chi connectivity index (χ4v) is 6.48. The molecular weight excluding hydrogens is 436 g/mol. The first-order valence-corrected chi connectivity index (χ1v) is 13.4. The van der Waals surface area contributed by atoms with E-state index in [0.717, 1.165) is 24.8 Å². The number of nitrogens with one attached hydrogen (secondary N) is 1. The van der Waals surface area contributed by atoms with Gasteiger partial charge in [0.15, 0.2) is 0 Å². The van der Waals surface area contributed by atoms with Gasteiger partial charge in [0.2, 0.25) is 15.9 Å². The fraction of sp³-hybridized carbons (Fsp3) is 0.500. The lowest BCUT2D eigenvalue weighted by Gasteiger charge is -2.32. The SMILES string of the molecule is CC[C@@H](NC(=O)[C@H]1CCCN(S(=O)(=O)c2ccc(OC)cc2)C1)c1ccc2c(c1)CCCC2. The van der Waals surface area contributed by atoms with E-state index in [1.165, 1.54) is 28.3 Å². The van der Waals surface area contributed by atoms with E-state index in [0.29, 0.717) is 25.1 Å². The largest absolute Gasteiger partial charge is 0.497 e. The average molecular weight is 471 g/mol. The second-order valence-electron chi connectivity index (χ2n) is 9.08. The average Bonchev–Trinajstić information content (AvgIpc) is 2.87. The maximum atomic E-state index is 13.2. The molecule has 7 heteroatoms. The molecule has 2 aromatic carbocycles. The van der Waals surface area contributed by atoms with Crippen LogP contribution < -0.4 is 10.1 Å². The number of ether oxygens (including phenoxy) is 1. The summed E-state index contributed by atoms with van der Waals surface area (Å²) >= 11 is 0. The Morgan fingerprint density at radius 3 is 2.52 bits per heavy atom. The number of fused-ring (bicyclic) bond motifs is 1. The molecule has 178 valence electrons. The summed E-state index contributed by atoms with van der Waals surface area (Å²) in [5.41, 5.74) is 3.98. The fourth-order valence-electron chi connectivity index (χ4n) is 4.95. The molecule has 1 N–H and O–H groups in total. The Hall–Kier alpha value is -2.38. The quantitative estimate of drug-likeness (QED) is 0.657. The molecule has 33 heavy (non-hydrogen) atoms. The third kappa shape index (κ3) is 5.25. The van der Waals surface area contributed by atoms with Crippen molar-refractivity contribution < 1.29 is 17.9 Å². The molecule has 6 nitrogen and oxygen atoms in total. The highest BCUT2D eigenvalue weighted by molar-refractivity contribution is 7.89. The van der Waals surface area contributed by atoms with Gasteiger partial charge in [0.1, 0.15) is 5.75 Å². The number of carbonyl (C=O) groups is 1. The summed E-state index contributed by atoms with van der Waals surface area (Å²) in [6, 6.07) is 12.9. The first-order chi connectivity index (χ1) is 15.9. The van der Waals surface area contributed by atoms with Crippen LogP contribution in [0.2, 0.25) is 0 Å². The van der Waals surface area contributed by atoms with Crippen molar-refractivity contribution in [1.29, 1.82) is 0 Å². The molecular formula is C26H34N2O4S. The smallest absolute Gasteiger partial charge is 0.243 e. The van der Waals surface area contributed by atoms with Crippen LogP contribution in [0.1, 0.15) is 61.8 Å². The van der Waals surface area contributed by atoms with Gasteiger partial charge in [-0.15, -0.1) is 0 Å². The Balaban J connectivity index is 1.44. The minimum atomic E-state index is -3.65. The van der Waals surface area contributed by atoms with Crippen molar-refractivity contribution in [3.63, 3.8) is 0 Å². The van der Waals surface area contributed by atoms with E-state index in [1.54, 1.807) is 31.4 Å². The molecule has 2 aromatic rings. The molecule has 2 atom stereocenters. The molecule has 4 rings (SSSR count). The van der Waals surface area contributed by atoms with Crippen LogP contribution in [0.15, 0.2) is 47.4 Å². The summed E-state index contributed by atoms with van der Waals surface area (Å²) in [7, 11) is -2.11. The predicted octanol–water partition coefficient (Wildman–Crippen LogP) is 4.24. The van der Waals surface area contributed by atoms with Crippen molar-refractivity contribution in [3.8, 4) is 5.75 Å². The Labute approximate surface area is 197 Å². The molecule has 0 unspecified atom stereocenters. The van der Waals surface area contributed by atoms with Crippen molar-refractivity contribution in [2.75, 3.05) is 20.2 Å². The normalized spacial score (nSPS) is 20.0. The van der Waals surface area contributed by atoms with E-state index in [1.807, 2.05) is 0 Å². The van der Waals surface area contributed by atoms with Crippen molar-refractivity contribution in [2.24, 2.45) is 5.92 Å². The molecule has 1 aliphatic heterocycles. The van der Waals surface area contributed by atoms with Gasteiger partial charge in [-0.2, -0.15) is 4.31 Å². The van der Waals surface area contributed by atoms with Gasteiger partial charge < -0.3 is 10.1 Å². The molecule has 0 radical (unpaired) electrons. The molecule has 0 aromatic heterocycles. The summed E-state index contributed by atoms with van der Waals surface area (Å²) in [6.07, 6.45) is 6.88. The standard InChI is InChI=1S/C26H34N2O4S/c1-3-25(21-11-10-19-7-4-5-8-20(19)17-21)27-26(29)22-9-6-16-28(18-22)33(30,31)24-14-12-23(32-2)13-15-24/h10-15,17,22,25H,3-9,16,18H2,1-2H3,(H,27,29)/t22-,25+/m0/s1. The molecule has 2 aliphatic rings. The van der Waals surface area contributed by atoms with Crippen LogP contribution in [0.25, 0.3) is 0 Å². The predicted molar refractivity (Wildman–Crippen MR) is 129 cm³/mol. The molecule has 0 spiro atoms. The first kappa shape index (κ1) is 23.8. The molecule has 1 fully saturated rings. The number of nitrogens with zero attached hydrogens (tertiary/aromatic N) is 1. The summed E-state index contributed by atoms with van der Waals surface area (Å²) in [5, 5.41) is 3.21. The van der Waals surface area contributed by atoms with Gasteiger partial charge in [-0.05, 0) is 85.9 Å². The number of carbonyl (C=O) groups excluding carboxylic acids is 1. The van der Waals surface area contributed by atoms with Crippen LogP contribution in [0, 0.1) is 5.92 Å². The third-order valence-electron chi connectivity index (χ3n) is 6.95. The Bertz CT molecular complexity index is 1080. The lowest BCUT2D eigenvalue weighted by molar-refractivity contribution is -0.126. The van der Waals surface area contributed by atoms with Gasteiger partial charge in [0.25, 0.3) is 0 Å². The van der Waals surface area contributed by atoms with Gasteiger partial charge in [-0.3, -0.25) is 4.79 Å². The summed E-state index contributed by atoms with van der Waals surface area (Å²) in [4.78, 5) is 13.4. The zero-order valence-electron chi connectivity index (χ0n) is 19.5. The lowest BCUT2D eigenvalue weighted by Crippen LogP contribution is -2.46.